The third kappa shape index (κ3) is 2.88. The van der Waals surface area contributed by atoms with Gasteiger partial charge in [0.25, 0.3) is 5.91 Å². The summed E-state index contributed by atoms with van der Waals surface area (Å²) in [6, 6.07) is 8.36. The zero-order valence-electron chi connectivity index (χ0n) is 17.0. The molecule has 1 unspecified atom stereocenters. The number of nitrogens with zero attached hydrogens (tertiary/aromatic N) is 2. The molecule has 7 heteroatoms. The molecule has 156 valence electrons. The van der Waals surface area contributed by atoms with Crippen molar-refractivity contribution >= 4 is 22.6 Å². The van der Waals surface area contributed by atoms with Gasteiger partial charge >= 0.3 is 0 Å². The van der Waals surface area contributed by atoms with Crippen molar-refractivity contribution in [1.29, 1.82) is 0 Å². The molecule has 3 aromatic rings. The van der Waals surface area contributed by atoms with Gasteiger partial charge in [0.05, 0.1) is 5.69 Å². The van der Waals surface area contributed by atoms with Crippen LogP contribution in [0.5, 0.6) is 0 Å². The molecule has 0 radical (unpaired) electrons. The number of aliphatic hydroxyl groups is 1. The minimum absolute atomic E-state index is 0.232. The summed E-state index contributed by atoms with van der Waals surface area (Å²) in [6.45, 7) is 5.33. The number of rotatable bonds is 3. The lowest BCUT2D eigenvalue weighted by Crippen LogP contribution is -2.37. The molecule has 2 aliphatic rings. The molecular formula is C23H24FN3O3. The van der Waals surface area contributed by atoms with Gasteiger partial charge in [-0.1, -0.05) is 12.1 Å². The van der Waals surface area contributed by atoms with E-state index in [1.807, 2.05) is 19.1 Å². The van der Waals surface area contributed by atoms with Gasteiger partial charge in [-0.15, -0.1) is 0 Å². The highest BCUT2D eigenvalue weighted by Crippen LogP contribution is 2.40. The normalized spacial score (nSPS) is 21.9. The molecular weight excluding hydrogens is 385 g/mol. The van der Waals surface area contributed by atoms with E-state index in [4.69, 9.17) is 4.52 Å². The van der Waals surface area contributed by atoms with Gasteiger partial charge in [-0.2, -0.15) is 0 Å². The number of anilines is 1. The Morgan fingerprint density at radius 2 is 2.07 bits per heavy atom. The molecule has 2 N–H and O–H groups in total. The van der Waals surface area contributed by atoms with Crippen LogP contribution in [0.15, 0.2) is 34.9 Å². The molecule has 30 heavy (non-hydrogen) atoms. The molecule has 1 saturated heterocycles. The lowest BCUT2D eigenvalue weighted by Gasteiger charge is -2.35. The number of nitrogens with one attached hydrogen (secondary N) is 1. The molecule has 2 aromatic carbocycles. The number of halogens is 1. The van der Waals surface area contributed by atoms with Crippen LogP contribution < -0.4 is 10.2 Å². The van der Waals surface area contributed by atoms with Gasteiger partial charge < -0.3 is 19.8 Å². The summed E-state index contributed by atoms with van der Waals surface area (Å²) in [5.41, 5.74) is 3.36. The number of aromatic nitrogens is 1. The number of benzene rings is 2. The van der Waals surface area contributed by atoms with Crippen LogP contribution in [-0.4, -0.2) is 29.3 Å². The monoisotopic (exact) mass is 409 g/mol. The number of amides is 1. The van der Waals surface area contributed by atoms with Crippen molar-refractivity contribution in [3.63, 3.8) is 0 Å². The number of carbonyl (C=O) groups excluding carboxylic acids is 1. The molecule has 1 amide bonds. The predicted octanol–water partition coefficient (Wildman–Crippen LogP) is 3.82. The quantitative estimate of drug-likeness (QED) is 0.688. The second kappa shape index (κ2) is 6.80. The van der Waals surface area contributed by atoms with Crippen LogP contribution in [0.3, 0.4) is 0 Å². The molecule has 1 aromatic heterocycles. The van der Waals surface area contributed by atoms with E-state index in [0.29, 0.717) is 16.7 Å². The minimum atomic E-state index is -1.35. The minimum Gasteiger partial charge on any atom is -0.371 e. The summed E-state index contributed by atoms with van der Waals surface area (Å²) in [6.07, 6.45) is 2.52. The maximum absolute atomic E-state index is 13.4. The van der Waals surface area contributed by atoms with Crippen LogP contribution in [0, 0.1) is 5.82 Å². The first-order valence-corrected chi connectivity index (χ1v) is 10.4. The third-order valence-electron chi connectivity index (χ3n) is 6.41. The van der Waals surface area contributed by atoms with Crippen LogP contribution in [0.25, 0.3) is 11.0 Å². The van der Waals surface area contributed by atoms with Crippen molar-refractivity contribution in [3.05, 3.63) is 58.5 Å². The SMILES string of the molecule is CCc1c(N2CCC(c3noc4cc(F)ccc34)CC2)ccc2c1C(C)(O)NC2=O. The Bertz CT molecular complexity index is 1150. The molecule has 1 atom stereocenters. The van der Waals surface area contributed by atoms with E-state index in [9.17, 15) is 14.3 Å². The van der Waals surface area contributed by atoms with E-state index in [-0.39, 0.29) is 17.6 Å². The fourth-order valence-electron chi connectivity index (χ4n) is 5.01. The predicted molar refractivity (Wildman–Crippen MR) is 111 cm³/mol. The third-order valence-corrected chi connectivity index (χ3v) is 6.41. The maximum atomic E-state index is 13.4. The Balaban J connectivity index is 1.41. The van der Waals surface area contributed by atoms with E-state index in [0.717, 1.165) is 54.7 Å². The summed E-state index contributed by atoms with van der Waals surface area (Å²) in [5.74, 6) is -0.310. The number of hydrogen-bond donors (Lipinski definition) is 2. The largest absolute Gasteiger partial charge is 0.371 e. The summed E-state index contributed by atoms with van der Waals surface area (Å²) < 4.78 is 18.8. The van der Waals surface area contributed by atoms with E-state index in [2.05, 4.69) is 15.4 Å². The number of carbonyl (C=O) groups is 1. The van der Waals surface area contributed by atoms with Crippen molar-refractivity contribution in [2.75, 3.05) is 18.0 Å². The van der Waals surface area contributed by atoms with Gasteiger partial charge in [0.1, 0.15) is 5.82 Å². The summed E-state index contributed by atoms with van der Waals surface area (Å²) in [5, 5.41) is 18.5. The van der Waals surface area contributed by atoms with Gasteiger partial charge in [-0.05, 0) is 56.0 Å². The average Bonchev–Trinajstić information content (AvgIpc) is 3.25. The van der Waals surface area contributed by atoms with Crippen molar-refractivity contribution in [2.45, 2.75) is 44.8 Å². The highest BCUT2D eigenvalue weighted by Gasteiger charge is 2.40. The number of fused-ring (bicyclic) bond motifs is 2. The van der Waals surface area contributed by atoms with Crippen LogP contribution in [0.1, 0.15) is 59.8 Å². The first-order valence-electron chi connectivity index (χ1n) is 10.4. The Morgan fingerprint density at radius 1 is 1.30 bits per heavy atom. The van der Waals surface area contributed by atoms with Crippen molar-refractivity contribution in [2.24, 2.45) is 0 Å². The first-order chi connectivity index (χ1) is 14.4. The van der Waals surface area contributed by atoms with Gasteiger partial charge in [0.15, 0.2) is 11.3 Å². The average molecular weight is 409 g/mol. The smallest absolute Gasteiger partial charge is 0.254 e. The molecule has 6 nitrogen and oxygen atoms in total. The Morgan fingerprint density at radius 3 is 2.80 bits per heavy atom. The zero-order valence-corrected chi connectivity index (χ0v) is 17.0. The molecule has 1 fully saturated rings. The van der Waals surface area contributed by atoms with Gasteiger partial charge in [0, 0.05) is 47.3 Å². The summed E-state index contributed by atoms with van der Waals surface area (Å²) in [7, 11) is 0. The van der Waals surface area contributed by atoms with E-state index in [1.165, 1.54) is 12.1 Å². The highest BCUT2D eigenvalue weighted by molar-refractivity contribution is 6.00. The number of piperidine rings is 1. The van der Waals surface area contributed by atoms with Crippen LogP contribution in [-0.2, 0) is 12.1 Å². The fraction of sp³-hybridized carbons (Fsp3) is 0.391. The van der Waals surface area contributed by atoms with Crippen molar-refractivity contribution < 1.29 is 18.8 Å². The zero-order chi connectivity index (χ0) is 21.0. The topological polar surface area (TPSA) is 78.6 Å². The van der Waals surface area contributed by atoms with Crippen LogP contribution >= 0.6 is 0 Å². The van der Waals surface area contributed by atoms with Crippen LogP contribution in [0.4, 0.5) is 10.1 Å². The van der Waals surface area contributed by atoms with Gasteiger partial charge in [-0.3, -0.25) is 4.79 Å². The number of hydrogen-bond acceptors (Lipinski definition) is 5. The maximum Gasteiger partial charge on any atom is 0.254 e. The van der Waals surface area contributed by atoms with E-state index in [1.54, 1.807) is 13.0 Å². The molecule has 0 saturated carbocycles. The standard InChI is InChI=1S/C23H24FN3O3/c1-3-15-18(7-6-17-20(15)23(2,29)25-22(17)28)27-10-8-13(9-11-27)21-16-5-4-14(24)12-19(16)30-26-21/h4-7,12-13,29H,3,8-11H2,1-2H3,(H,25,28). The van der Waals surface area contributed by atoms with E-state index >= 15 is 0 Å². The highest BCUT2D eigenvalue weighted by atomic mass is 19.1. The Labute approximate surface area is 173 Å². The van der Waals surface area contributed by atoms with E-state index < -0.39 is 5.72 Å². The summed E-state index contributed by atoms with van der Waals surface area (Å²) >= 11 is 0. The summed E-state index contributed by atoms with van der Waals surface area (Å²) in [4.78, 5) is 14.5. The molecule has 5 rings (SSSR count). The van der Waals surface area contributed by atoms with Gasteiger partial charge in [0.2, 0.25) is 0 Å². The molecule has 0 bridgehead atoms. The van der Waals surface area contributed by atoms with Crippen LogP contribution in [0.2, 0.25) is 0 Å². The van der Waals surface area contributed by atoms with Crippen molar-refractivity contribution in [1.82, 2.24) is 10.5 Å². The first kappa shape index (κ1) is 19.1. The van der Waals surface area contributed by atoms with Gasteiger partial charge in [-0.25, -0.2) is 4.39 Å². The lowest BCUT2D eigenvalue weighted by molar-refractivity contribution is 0.0296. The molecule has 0 aliphatic carbocycles. The molecule has 3 heterocycles. The van der Waals surface area contributed by atoms with Crippen molar-refractivity contribution in [3.8, 4) is 0 Å². The molecule has 0 spiro atoms. The fourth-order valence-corrected chi connectivity index (χ4v) is 5.01. The Kier molecular flexibility index (Phi) is 4.32. The molecule has 2 aliphatic heterocycles. The Hall–Kier alpha value is -2.93. The second-order valence-electron chi connectivity index (χ2n) is 8.34. The second-order valence-corrected chi connectivity index (χ2v) is 8.34. The lowest BCUT2D eigenvalue weighted by atomic mass is 9.89.